The van der Waals surface area contributed by atoms with Crippen LogP contribution in [0.25, 0.3) is 0 Å². The molecule has 2 aromatic rings. The lowest BCUT2D eigenvalue weighted by Gasteiger charge is -2.04. The van der Waals surface area contributed by atoms with E-state index in [0.717, 1.165) is 9.79 Å². The summed E-state index contributed by atoms with van der Waals surface area (Å²) in [6, 6.07) is 4.66. The summed E-state index contributed by atoms with van der Waals surface area (Å²) in [5.74, 6) is -0.960. The van der Waals surface area contributed by atoms with Gasteiger partial charge in [-0.1, -0.05) is 11.8 Å². The van der Waals surface area contributed by atoms with Crippen molar-refractivity contribution in [1.29, 1.82) is 0 Å². The lowest BCUT2D eigenvalue weighted by molar-refractivity contribution is 0.0696. The van der Waals surface area contributed by atoms with Crippen molar-refractivity contribution in [3.63, 3.8) is 0 Å². The van der Waals surface area contributed by atoms with Crippen LogP contribution in [-0.2, 0) is 7.05 Å². The summed E-state index contributed by atoms with van der Waals surface area (Å²) in [4.78, 5) is 12.5. The molecule has 0 aliphatic carbocycles. The smallest absolute Gasteiger partial charge is 0.335 e. The van der Waals surface area contributed by atoms with Crippen LogP contribution < -0.4 is 5.73 Å². The number of aromatic nitrogens is 2. The number of nitrogens with two attached hydrogens (primary N) is 1. The lowest BCUT2D eigenvalue weighted by Crippen LogP contribution is -1.98. The number of anilines is 1. The number of nitrogens with zero attached hydrogens (tertiary/aromatic N) is 2. The number of nitrogen functional groups attached to an aromatic ring is 1. The number of carboxylic acid groups (broad SMARTS) is 1. The van der Waals surface area contributed by atoms with Gasteiger partial charge in [-0.2, -0.15) is 5.10 Å². The summed E-state index contributed by atoms with van der Waals surface area (Å²) in [6.45, 7) is 0. The third-order valence-corrected chi connectivity index (χ3v) is 3.19. The highest BCUT2D eigenvalue weighted by molar-refractivity contribution is 7.99. The van der Waals surface area contributed by atoms with E-state index in [4.69, 9.17) is 10.8 Å². The van der Waals surface area contributed by atoms with E-state index in [0.29, 0.717) is 5.69 Å². The zero-order valence-electron chi connectivity index (χ0n) is 9.12. The summed E-state index contributed by atoms with van der Waals surface area (Å²) in [7, 11) is 1.82. The number of benzene rings is 1. The standard InChI is InChI=1S/C11H11N3O2S/c1-14-6-8(5-13-14)17-10-4-7(11(15)16)2-3-9(10)12/h2-6H,12H2,1H3,(H,15,16). The fraction of sp³-hybridized carbons (Fsp3) is 0.0909. The van der Waals surface area contributed by atoms with Crippen LogP contribution >= 0.6 is 11.8 Å². The number of aryl methyl sites for hydroxylation is 1. The van der Waals surface area contributed by atoms with E-state index in [-0.39, 0.29) is 5.56 Å². The van der Waals surface area contributed by atoms with Gasteiger partial charge in [-0.15, -0.1) is 0 Å². The first kappa shape index (κ1) is 11.5. The van der Waals surface area contributed by atoms with E-state index in [9.17, 15) is 4.79 Å². The van der Waals surface area contributed by atoms with Gasteiger partial charge in [0.05, 0.1) is 16.7 Å². The molecule has 0 atom stereocenters. The van der Waals surface area contributed by atoms with Gasteiger partial charge < -0.3 is 10.8 Å². The molecule has 0 bridgehead atoms. The summed E-state index contributed by atoms with van der Waals surface area (Å²) < 4.78 is 1.68. The minimum Gasteiger partial charge on any atom is -0.478 e. The van der Waals surface area contributed by atoms with Gasteiger partial charge in [-0.05, 0) is 18.2 Å². The van der Waals surface area contributed by atoms with Crippen LogP contribution in [0.1, 0.15) is 10.4 Å². The van der Waals surface area contributed by atoms with Gasteiger partial charge in [0.2, 0.25) is 0 Å². The number of hydrogen-bond donors (Lipinski definition) is 2. The predicted molar refractivity (Wildman–Crippen MR) is 65.1 cm³/mol. The van der Waals surface area contributed by atoms with E-state index >= 15 is 0 Å². The number of carboxylic acids is 1. The van der Waals surface area contributed by atoms with Crippen LogP contribution in [0.15, 0.2) is 40.4 Å². The van der Waals surface area contributed by atoms with Gasteiger partial charge in [-0.3, -0.25) is 4.68 Å². The van der Waals surface area contributed by atoms with Crippen molar-refractivity contribution in [2.75, 3.05) is 5.73 Å². The Morgan fingerprint density at radius 2 is 2.29 bits per heavy atom. The summed E-state index contributed by atoms with van der Waals surface area (Å²) >= 11 is 1.39. The topological polar surface area (TPSA) is 81.1 Å². The Morgan fingerprint density at radius 3 is 2.88 bits per heavy atom. The quantitative estimate of drug-likeness (QED) is 0.811. The van der Waals surface area contributed by atoms with Crippen LogP contribution in [0.5, 0.6) is 0 Å². The summed E-state index contributed by atoms with van der Waals surface area (Å²) in [5, 5.41) is 12.9. The second-order valence-corrected chi connectivity index (χ2v) is 4.62. The first-order valence-corrected chi connectivity index (χ1v) is 5.67. The van der Waals surface area contributed by atoms with Crippen LogP contribution in [0.3, 0.4) is 0 Å². The molecule has 3 N–H and O–H groups in total. The molecule has 0 saturated heterocycles. The molecule has 5 nitrogen and oxygen atoms in total. The second kappa shape index (κ2) is 4.50. The Kier molecular flexibility index (Phi) is 3.06. The van der Waals surface area contributed by atoms with Crippen molar-refractivity contribution in [3.05, 3.63) is 36.2 Å². The van der Waals surface area contributed by atoms with Gasteiger partial charge in [-0.25, -0.2) is 4.79 Å². The molecule has 1 aromatic heterocycles. The van der Waals surface area contributed by atoms with Gasteiger partial charge in [0, 0.05) is 23.8 Å². The highest BCUT2D eigenvalue weighted by Gasteiger charge is 2.08. The fourth-order valence-electron chi connectivity index (χ4n) is 1.33. The van der Waals surface area contributed by atoms with Crippen LogP contribution in [0.4, 0.5) is 5.69 Å². The molecule has 0 unspecified atom stereocenters. The molecular formula is C11H11N3O2S. The number of carbonyl (C=O) groups is 1. The largest absolute Gasteiger partial charge is 0.478 e. The first-order chi connectivity index (χ1) is 8.06. The van der Waals surface area contributed by atoms with E-state index in [1.54, 1.807) is 23.0 Å². The fourth-order valence-corrected chi connectivity index (χ4v) is 2.27. The molecule has 0 amide bonds. The van der Waals surface area contributed by atoms with E-state index < -0.39 is 5.97 Å². The number of rotatable bonds is 3. The molecule has 6 heteroatoms. The third kappa shape index (κ3) is 2.59. The molecule has 0 spiro atoms. The molecule has 0 aliphatic rings. The maximum atomic E-state index is 10.9. The maximum Gasteiger partial charge on any atom is 0.335 e. The average Bonchev–Trinajstić information content (AvgIpc) is 2.67. The average molecular weight is 249 g/mol. The lowest BCUT2D eigenvalue weighted by atomic mass is 10.2. The highest BCUT2D eigenvalue weighted by atomic mass is 32.2. The molecule has 0 saturated carbocycles. The minimum absolute atomic E-state index is 0.227. The predicted octanol–water partition coefficient (Wildman–Crippen LogP) is 1.85. The zero-order valence-corrected chi connectivity index (χ0v) is 9.94. The van der Waals surface area contributed by atoms with E-state index in [1.165, 1.54) is 17.8 Å². The van der Waals surface area contributed by atoms with Crippen LogP contribution in [-0.4, -0.2) is 20.9 Å². The van der Waals surface area contributed by atoms with Gasteiger partial charge in [0.25, 0.3) is 0 Å². The minimum atomic E-state index is -0.960. The Labute approximate surface area is 102 Å². The van der Waals surface area contributed by atoms with Crippen molar-refractivity contribution in [2.45, 2.75) is 9.79 Å². The SMILES string of the molecule is Cn1cc(Sc2cc(C(=O)O)ccc2N)cn1. The highest BCUT2D eigenvalue weighted by Crippen LogP contribution is 2.32. The molecule has 2 rings (SSSR count). The van der Waals surface area contributed by atoms with Crippen molar-refractivity contribution in [1.82, 2.24) is 9.78 Å². The number of hydrogen-bond acceptors (Lipinski definition) is 4. The van der Waals surface area contributed by atoms with Gasteiger partial charge in [0.1, 0.15) is 0 Å². The van der Waals surface area contributed by atoms with Crippen LogP contribution in [0, 0.1) is 0 Å². The van der Waals surface area contributed by atoms with Gasteiger partial charge >= 0.3 is 5.97 Å². The zero-order chi connectivity index (χ0) is 12.4. The van der Waals surface area contributed by atoms with Gasteiger partial charge in [0.15, 0.2) is 0 Å². The molecule has 0 radical (unpaired) electrons. The Bertz CT molecular complexity index is 566. The molecular weight excluding hydrogens is 238 g/mol. The molecule has 0 fully saturated rings. The number of aromatic carboxylic acids is 1. The maximum absolute atomic E-state index is 10.9. The molecule has 1 heterocycles. The molecule has 1 aromatic carbocycles. The first-order valence-electron chi connectivity index (χ1n) is 4.85. The third-order valence-electron chi connectivity index (χ3n) is 2.17. The Morgan fingerprint density at radius 1 is 1.53 bits per heavy atom. The van der Waals surface area contributed by atoms with E-state index in [1.807, 2.05) is 13.2 Å². The Balaban J connectivity index is 2.31. The van der Waals surface area contributed by atoms with Crippen molar-refractivity contribution in [3.8, 4) is 0 Å². The second-order valence-electron chi connectivity index (χ2n) is 3.51. The summed E-state index contributed by atoms with van der Waals surface area (Å²) in [6.07, 6.45) is 3.55. The molecule has 0 aliphatic heterocycles. The Hall–Kier alpha value is -1.95. The van der Waals surface area contributed by atoms with Crippen molar-refractivity contribution < 1.29 is 9.90 Å². The van der Waals surface area contributed by atoms with E-state index in [2.05, 4.69) is 5.10 Å². The van der Waals surface area contributed by atoms with Crippen molar-refractivity contribution in [2.24, 2.45) is 7.05 Å². The van der Waals surface area contributed by atoms with Crippen molar-refractivity contribution >= 4 is 23.4 Å². The summed E-state index contributed by atoms with van der Waals surface area (Å²) in [5.41, 5.74) is 6.59. The molecule has 88 valence electrons. The molecule has 17 heavy (non-hydrogen) atoms. The monoisotopic (exact) mass is 249 g/mol. The normalized spacial score (nSPS) is 10.4. The van der Waals surface area contributed by atoms with Crippen LogP contribution in [0.2, 0.25) is 0 Å².